The van der Waals surface area contributed by atoms with Gasteiger partial charge >= 0.3 is 0 Å². The molecule has 2 heteroatoms. The molecule has 0 fully saturated rings. The minimum absolute atomic E-state index is 0.170. The third kappa shape index (κ3) is 4.21. The van der Waals surface area contributed by atoms with Crippen LogP contribution in [0.2, 0.25) is 0 Å². The predicted molar refractivity (Wildman–Crippen MR) is 68.0 cm³/mol. The average molecular weight is 221 g/mol. The molecule has 0 aliphatic carbocycles. The van der Waals surface area contributed by atoms with Gasteiger partial charge in [-0.25, -0.2) is 4.98 Å². The van der Waals surface area contributed by atoms with E-state index in [2.05, 4.69) is 45.7 Å². The van der Waals surface area contributed by atoms with Crippen molar-refractivity contribution in [3.63, 3.8) is 0 Å². The first kappa shape index (κ1) is 13.0. The van der Waals surface area contributed by atoms with Crippen LogP contribution in [0.4, 0.5) is 0 Å². The van der Waals surface area contributed by atoms with Crippen LogP contribution in [0.5, 0.6) is 5.88 Å². The van der Waals surface area contributed by atoms with Crippen molar-refractivity contribution in [2.75, 3.05) is 6.61 Å². The fourth-order valence-corrected chi connectivity index (χ4v) is 1.36. The lowest BCUT2D eigenvalue weighted by Crippen LogP contribution is -2.17. The van der Waals surface area contributed by atoms with Crippen LogP contribution in [0.3, 0.4) is 0 Å². The van der Waals surface area contributed by atoms with E-state index >= 15 is 0 Å². The van der Waals surface area contributed by atoms with Crippen molar-refractivity contribution in [3.05, 3.63) is 23.4 Å². The number of hydrogen-bond donors (Lipinski definition) is 0. The van der Waals surface area contributed by atoms with Crippen LogP contribution >= 0.6 is 0 Å². The van der Waals surface area contributed by atoms with Crippen molar-refractivity contribution in [1.29, 1.82) is 0 Å². The molecule has 0 aliphatic heterocycles. The van der Waals surface area contributed by atoms with Gasteiger partial charge in [0, 0.05) is 11.8 Å². The molecule has 1 rings (SSSR count). The van der Waals surface area contributed by atoms with E-state index in [1.54, 1.807) is 0 Å². The van der Waals surface area contributed by atoms with Crippen LogP contribution in [0, 0.1) is 12.3 Å². The van der Waals surface area contributed by atoms with E-state index in [0.717, 1.165) is 11.6 Å². The van der Waals surface area contributed by atoms with E-state index in [1.165, 1.54) is 5.56 Å². The number of rotatable bonds is 3. The van der Waals surface area contributed by atoms with Crippen LogP contribution in [0.1, 0.15) is 51.8 Å². The van der Waals surface area contributed by atoms with E-state index in [9.17, 15) is 0 Å². The van der Waals surface area contributed by atoms with Crippen molar-refractivity contribution in [3.8, 4) is 5.88 Å². The SMILES string of the molecule is Cc1cc(C(C)C)cc(OCC(C)(C)C)n1. The molecule has 1 aromatic rings. The topological polar surface area (TPSA) is 22.1 Å². The van der Waals surface area contributed by atoms with Gasteiger partial charge in [0.15, 0.2) is 0 Å². The summed E-state index contributed by atoms with van der Waals surface area (Å²) in [5, 5.41) is 0. The molecule has 0 unspecified atom stereocenters. The van der Waals surface area contributed by atoms with E-state index in [4.69, 9.17) is 4.74 Å². The van der Waals surface area contributed by atoms with Gasteiger partial charge in [0.1, 0.15) is 0 Å². The molecule has 0 aliphatic rings. The van der Waals surface area contributed by atoms with Crippen molar-refractivity contribution in [2.45, 2.75) is 47.5 Å². The third-order valence-electron chi connectivity index (χ3n) is 2.27. The minimum atomic E-state index is 0.170. The molecule has 0 atom stereocenters. The number of hydrogen-bond acceptors (Lipinski definition) is 2. The number of nitrogens with zero attached hydrogens (tertiary/aromatic N) is 1. The van der Waals surface area contributed by atoms with Crippen molar-refractivity contribution in [2.24, 2.45) is 5.41 Å². The maximum absolute atomic E-state index is 5.73. The highest BCUT2D eigenvalue weighted by atomic mass is 16.5. The summed E-state index contributed by atoms with van der Waals surface area (Å²) >= 11 is 0. The van der Waals surface area contributed by atoms with E-state index < -0.39 is 0 Å². The third-order valence-corrected chi connectivity index (χ3v) is 2.27. The average Bonchev–Trinajstić information content (AvgIpc) is 2.13. The summed E-state index contributed by atoms with van der Waals surface area (Å²) in [6, 6.07) is 4.16. The van der Waals surface area contributed by atoms with Gasteiger partial charge in [-0.2, -0.15) is 0 Å². The van der Waals surface area contributed by atoms with Crippen LogP contribution in [-0.4, -0.2) is 11.6 Å². The van der Waals surface area contributed by atoms with Crippen molar-refractivity contribution in [1.82, 2.24) is 4.98 Å². The Morgan fingerprint density at radius 3 is 2.38 bits per heavy atom. The maximum atomic E-state index is 5.73. The van der Waals surface area contributed by atoms with Crippen LogP contribution < -0.4 is 4.74 Å². The normalized spacial score (nSPS) is 11.9. The van der Waals surface area contributed by atoms with Gasteiger partial charge in [0.25, 0.3) is 0 Å². The Hall–Kier alpha value is -1.05. The summed E-state index contributed by atoms with van der Waals surface area (Å²) in [5.41, 5.74) is 2.48. The number of aryl methyl sites for hydroxylation is 1. The highest BCUT2D eigenvalue weighted by molar-refractivity contribution is 5.26. The second kappa shape index (κ2) is 4.86. The van der Waals surface area contributed by atoms with Gasteiger partial charge in [0.05, 0.1) is 6.61 Å². The molecule has 0 bridgehead atoms. The first-order valence-electron chi connectivity index (χ1n) is 5.89. The molecule has 0 aromatic carbocycles. The van der Waals surface area contributed by atoms with E-state index in [0.29, 0.717) is 12.5 Å². The molecule has 1 aromatic heterocycles. The fourth-order valence-electron chi connectivity index (χ4n) is 1.36. The van der Waals surface area contributed by atoms with Gasteiger partial charge < -0.3 is 4.74 Å². The number of ether oxygens (including phenoxy) is 1. The Bertz CT molecular complexity index is 350. The Morgan fingerprint density at radius 2 is 1.88 bits per heavy atom. The molecule has 0 amide bonds. The van der Waals surface area contributed by atoms with E-state index in [-0.39, 0.29) is 5.41 Å². The van der Waals surface area contributed by atoms with Crippen LogP contribution in [-0.2, 0) is 0 Å². The van der Waals surface area contributed by atoms with Gasteiger partial charge in [0.2, 0.25) is 5.88 Å². The second-order valence-electron chi connectivity index (χ2n) is 5.88. The molecule has 0 N–H and O–H groups in total. The summed E-state index contributed by atoms with van der Waals surface area (Å²) in [6.45, 7) is 13.5. The van der Waals surface area contributed by atoms with Gasteiger partial charge in [-0.1, -0.05) is 34.6 Å². The Morgan fingerprint density at radius 1 is 1.25 bits per heavy atom. The molecule has 0 saturated heterocycles. The highest BCUT2D eigenvalue weighted by Gasteiger charge is 2.12. The molecule has 0 saturated carbocycles. The monoisotopic (exact) mass is 221 g/mol. The summed E-state index contributed by atoms with van der Waals surface area (Å²) < 4.78 is 5.73. The van der Waals surface area contributed by atoms with Crippen molar-refractivity contribution >= 4 is 0 Å². The largest absolute Gasteiger partial charge is 0.477 e. The quantitative estimate of drug-likeness (QED) is 0.771. The second-order valence-corrected chi connectivity index (χ2v) is 5.88. The maximum Gasteiger partial charge on any atom is 0.213 e. The molecular formula is C14H23NO. The molecule has 1 heterocycles. The highest BCUT2D eigenvalue weighted by Crippen LogP contribution is 2.21. The molecule has 90 valence electrons. The lowest BCUT2D eigenvalue weighted by molar-refractivity contribution is 0.191. The van der Waals surface area contributed by atoms with Gasteiger partial charge in [-0.05, 0) is 29.9 Å². The fraction of sp³-hybridized carbons (Fsp3) is 0.643. The molecule has 0 radical (unpaired) electrons. The summed E-state index contributed by atoms with van der Waals surface area (Å²) in [4.78, 5) is 4.40. The summed E-state index contributed by atoms with van der Waals surface area (Å²) in [5.74, 6) is 1.26. The number of pyridine rings is 1. The first-order valence-corrected chi connectivity index (χ1v) is 5.89. The molecule has 0 spiro atoms. The van der Waals surface area contributed by atoms with E-state index in [1.807, 2.05) is 13.0 Å². The lowest BCUT2D eigenvalue weighted by Gasteiger charge is -2.19. The zero-order valence-electron chi connectivity index (χ0n) is 11.3. The van der Waals surface area contributed by atoms with Gasteiger partial charge in [-0.15, -0.1) is 0 Å². The Balaban J connectivity index is 2.81. The Labute approximate surface area is 99.0 Å². The molecule has 16 heavy (non-hydrogen) atoms. The first-order chi connectivity index (χ1) is 7.28. The standard InChI is InChI=1S/C14H23NO/c1-10(2)12-7-11(3)15-13(8-12)16-9-14(4,5)6/h7-8,10H,9H2,1-6H3. The summed E-state index contributed by atoms with van der Waals surface area (Å²) in [7, 11) is 0. The molecule has 2 nitrogen and oxygen atoms in total. The van der Waals surface area contributed by atoms with Gasteiger partial charge in [-0.3, -0.25) is 0 Å². The minimum Gasteiger partial charge on any atom is -0.477 e. The van der Waals surface area contributed by atoms with Crippen molar-refractivity contribution < 1.29 is 4.74 Å². The predicted octanol–water partition coefficient (Wildman–Crippen LogP) is 3.94. The zero-order chi connectivity index (χ0) is 12.3. The molecular weight excluding hydrogens is 198 g/mol. The lowest BCUT2D eigenvalue weighted by atomic mass is 9.99. The number of aromatic nitrogens is 1. The zero-order valence-corrected chi connectivity index (χ0v) is 11.3. The Kier molecular flexibility index (Phi) is 3.95. The summed E-state index contributed by atoms with van der Waals surface area (Å²) in [6.07, 6.45) is 0. The van der Waals surface area contributed by atoms with Crippen LogP contribution in [0.25, 0.3) is 0 Å². The smallest absolute Gasteiger partial charge is 0.213 e. The van der Waals surface area contributed by atoms with Crippen LogP contribution in [0.15, 0.2) is 12.1 Å².